The third kappa shape index (κ3) is 2.61. The third-order valence-electron chi connectivity index (χ3n) is 3.85. The molecule has 2 rings (SSSR count). The van der Waals surface area contributed by atoms with Crippen molar-refractivity contribution in [3.05, 3.63) is 17.6 Å². The molecule has 0 radical (unpaired) electrons. The summed E-state index contributed by atoms with van der Waals surface area (Å²) in [4.78, 5) is 8.43. The van der Waals surface area contributed by atoms with Crippen LogP contribution >= 0.6 is 0 Å². The van der Waals surface area contributed by atoms with Crippen molar-refractivity contribution in [3.63, 3.8) is 0 Å². The predicted octanol–water partition coefficient (Wildman–Crippen LogP) is 3.04. The molecular weight excluding hydrogens is 224 g/mol. The second-order valence-electron chi connectivity index (χ2n) is 5.72. The molecule has 1 N–H and O–H groups in total. The van der Waals surface area contributed by atoms with Crippen LogP contribution in [0.1, 0.15) is 50.9 Å². The van der Waals surface area contributed by atoms with Crippen LogP contribution in [-0.2, 0) is 0 Å². The molecule has 1 unspecified atom stereocenters. The van der Waals surface area contributed by atoms with Crippen molar-refractivity contribution >= 4 is 5.82 Å². The van der Waals surface area contributed by atoms with Crippen LogP contribution in [0.2, 0.25) is 0 Å². The molecule has 1 saturated carbocycles. The van der Waals surface area contributed by atoms with E-state index in [1.165, 1.54) is 19.3 Å². The van der Waals surface area contributed by atoms with E-state index in [1.807, 2.05) is 6.92 Å². The average molecular weight is 244 g/mol. The van der Waals surface area contributed by atoms with Gasteiger partial charge in [0, 0.05) is 6.04 Å². The van der Waals surface area contributed by atoms with Crippen LogP contribution < -0.4 is 5.32 Å². The number of nitrogens with one attached hydrogen (secondary N) is 1. The summed E-state index contributed by atoms with van der Waals surface area (Å²) < 4.78 is 0. The van der Waals surface area contributed by atoms with E-state index >= 15 is 0 Å². The lowest BCUT2D eigenvalue weighted by atomic mass is 9.73. The maximum atomic E-state index is 9.10. The molecule has 1 aromatic heterocycles. The Hall–Kier alpha value is -1.63. The first-order valence-electron chi connectivity index (χ1n) is 6.53. The largest absolute Gasteiger partial charge is 0.366 e. The Bertz CT molecular complexity index is 473. The topological polar surface area (TPSA) is 61.6 Å². The van der Waals surface area contributed by atoms with Gasteiger partial charge in [0.1, 0.15) is 23.3 Å². The lowest BCUT2D eigenvalue weighted by molar-refractivity contribution is 0.216. The summed E-state index contributed by atoms with van der Waals surface area (Å²) in [7, 11) is 0. The SMILES string of the molecule is Cc1ncc(C#N)c(NC2CCCCC2(C)C)n1. The van der Waals surface area contributed by atoms with Gasteiger partial charge in [-0.25, -0.2) is 9.97 Å². The Morgan fingerprint density at radius 2 is 2.22 bits per heavy atom. The molecule has 4 heteroatoms. The molecule has 0 aromatic carbocycles. The normalized spacial score (nSPS) is 22.2. The summed E-state index contributed by atoms with van der Waals surface area (Å²) >= 11 is 0. The minimum absolute atomic E-state index is 0.254. The fourth-order valence-electron chi connectivity index (χ4n) is 2.59. The number of hydrogen-bond acceptors (Lipinski definition) is 4. The molecular formula is C14H20N4. The molecule has 0 saturated heterocycles. The summed E-state index contributed by atoms with van der Waals surface area (Å²) in [5.41, 5.74) is 0.783. The van der Waals surface area contributed by atoms with E-state index in [0.717, 1.165) is 6.42 Å². The van der Waals surface area contributed by atoms with Gasteiger partial charge in [-0.15, -0.1) is 0 Å². The van der Waals surface area contributed by atoms with Crippen LogP contribution in [0, 0.1) is 23.7 Å². The zero-order valence-electron chi connectivity index (χ0n) is 11.3. The summed E-state index contributed by atoms with van der Waals surface area (Å²) in [6.07, 6.45) is 6.49. The Morgan fingerprint density at radius 1 is 1.44 bits per heavy atom. The second kappa shape index (κ2) is 4.93. The first-order chi connectivity index (χ1) is 8.53. The maximum absolute atomic E-state index is 9.10. The lowest BCUT2D eigenvalue weighted by Crippen LogP contribution is -2.39. The van der Waals surface area contributed by atoms with Gasteiger partial charge in [0.15, 0.2) is 0 Å². The van der Waals surface area contributed by atoms with E-state index in [1.54, 1.807) is 6.20 Å². The molecule has 1 fully saturated rings. The van der Waals surface area contributed by atoms with Crippen LogP contribution in [-0.4, -0.2) is 16.0 Å². The minimum Gasteiger partial charge on any atom is -0.366 e. The van der Waals surface area contributed by atoms with Crippen LogP contribution in [0.5, 0.6) is 0 Å². The van der Waals surface area contributed by atoms with E-state index in [2.05, 4.69) is 35.2 Å². The van der Waals surface area contributed by atoms with Gasteiger partial charge < -0.3 is 5.32 Å². The van der Waals surface area contributed by atoms with Crippen LogP contribution in [0.25, 0.3) is 0 Å². The van der Waals surface area contributed by atoms with Gasteiger partial charge in [0.05, 0.1) is 6.20 Å². The molecule has 1 atom stereocenters. The number of hydrogen-bond donors (Lipinski definition) is 1. The first-order valence-corrected chi connectivity index (χ1v) is 6.53. The molecule has 4 nitrogen and oxygen atoms in total. The first kappa shape index (κ1) is 12.8. The van der Waals surface area contributed by atoms with Gasteiger partial charge in [0.2, 0.25) is 0 Å². The van der Waals surface area contributed by atoms with Crippen molar-refractivity contribution in [2.24, 2.45) is 5.41 Å². The minimum atomic E-state index is 0.254. The van der Waals surface area contributed by atoms with Crippen molar-refractivity contribution in [1.82, 2.24) is 9.97 Å². The fourth-order valence-corrected chi connectivity index (χ4v) is 2.59. The van der Waals surface area contributed by atoms with Crippen LogP contribution in [0.4, 0.5) is 5.82 Å². The Kier molecular flexibility index (Phi) is 3.51. The quantitative estimate of drug-likeness (QED) is 0.868. The maximum Gasteiger partial charge on any atom is 0.147 e. The zero-order valence-corrected chi connectivity index (χ0v) is 11.3. The van der Waals surface area contributed by atoms with Crippen molar-refractivity contribution in [2.75, 3.05) is 5.32 Å². The lowest BCUT2D eigenvalue weighted by Gasteiger charge is -2.39. The molecule has 1 aliphatic carbocycles. The highest BCUT2D eigenvalue weighted by atomic mass is 15.1. The molecule has 0 amide bonds. The van der Waals surface area contributed by atoms with Crippen LogP contribution in [0.15, 0.2) is 6.20 Å². The van der Waals surface area contributed by atoms with Crippen molar-refractivity contribution < 1.29 is 0 Å². The highest BCUT2D eigenvalue weighted by molar-refractivity contribution is 5.51. The van der Waals surface area contributed by atoms with Crippen molar-refractivity contribution in [1.29, 1.82) is 5.26 Å². The summed E-state index contributed by atoms with van der Waals surface area (Å²) in [5.74, 6) is 1.38. The van der Waals surface area contributed by atoms with Crippen LogP contribution in [0.3, 0.4) is 0 Å². The second-order valence-corrected chi connectivity index (χ2v) is 5.72. The monoisotopic (exact) mass is 244 g/mol. The zero-order chi connectivity index (χ0) is 13.2. The summed E-state index contributed by atoms with van der Waals surface area (Å²) in [6, 6.07) is 2.53. The predicted molar refractivity (Wildman–Crippen MR) is 71.1 cm³/mol. The Morgan fingerprint density at radius 3 is 2.89 bits per heavy atom. The molecule has 1 aromatic rings. The molecule has 18 heavy (non-hydrogen) atoms. The smallest absolute Gasteiger partial charge is 0.147 e. The van der Waals surface area contributed by atoms with Crippen molar-refractivity contribution in [3.8, 4) is 6.07 Å². The summed E-state index contributed by atoms with van der Waals surface area (Å²) in [6.45, 7) is 6.41. The molecule has 0 bridgehead atoms. The average Bonchev–Trinajstić information content (AvgIpc) is 2.32. The fraction of sp³-hybridized carbons (Fsp3) is 0.643. The van der Waals surface area contributed by atoms with Gasteiger partial charge in [-0.05, 0) is 25.2 Å². The third-order valence-corrected chi connectivity index (χ3v) is 3.85. The number of aromatic nitrogens is 2. The van der Waals surface area contributed by atoms with E-state index in [-0.39, 0.29) is 5.41 Å². The molecule has 1 aliphatic rings. The van der Waals surface area contributed by atoms with Gasteiger partial charge in [0.25, 0.3) is 0 Å². The van der Waals surface area contributed by atoms with E-state index in [4.69, 9.17) is 5.26 Å². The van der Waals surface area contributed by atoms with Gasteiger partial charge in [-0.2, -0.15) is 5.26 Å². The molecule has 0 aliphatic heterocycles. The highest BCUT2D eigenvalue weighted by Gasteiger charge is 2.32. The summed E-state index contributed by atoms with van der Waals surface area (Å²) in [5, 5.41) is 12.6. The number of nitriles is 1. The van der Waals surface area contributed by atoms with Gasteiger partial charge >= 0.3 is 0 Å². The Balaban J connectivity index is 2.23. The highest BCUT2D eigenvalue weighted by Crippen LogP contribution is 2.37. The standard InChI is InChI=1S/C14H20N4/c1-10-16-9-11(8-15)13(17-10)18-12-6-4-5-7-14(12,2)3/h9,12H,4-7H2,1-3H3,(H,16,17,18). The van der Waals surface area contributed by atoms with Gasteiger partial charge in [-0.3, -0.25) is 0 Å². The molecule has 1 heterocycles. The Labute approximate surface area is 108 Å². The number of anilines is 1. The number of rotatable bonds is 2. The van der Waals surface area contributed by atoms with E-state index in [9.17, 15) is 0 Å². The molecule has 96 valence electrons. The van der Waals surface area contributed by atoms with E-state index in [0.29, 0.717) is 23.2 Å². The number of aryl methyl sites for hydroxylation is 1. The number of nitrogens with zero attached hydrogens (tertiary/aromatic N) is 3. The van der Waals surface area contributed by atoms with Gasteiger partial charge in [-0.1, -0.05) is 26.7 Å². The molecule has 0 spiro atoms. The van der Waals surface area contributed by atoms with Crippen molar-refractivity contribution in [2.45, 2.75) is 52.5 Å². The van der Waals surface area contributed by atoms with E-state index < -0.39 is 0 Å².